The van der Waals surface area contributed by atoms with Gasteiger partial charge in [-0.1, -0.05) is 30.3 Å². The van der Waals surface area contributed by atoms with Gasteiger partial charge < -0.3 is 9.80 Å². The molecule has 2 atom stereocenters. The molecule has 2 aliphatic rings. The predicted octanol–water partition coefficient (Wildman–Crippen LogP) is 0.568. The molecule has 8 nitrogen and oxygen atoms in total. The first-order valence-corrected chi connectivity index (χ1v) is 7.80. The number of aliphatic imine (C=N–C) groups is 1. The van der Waals surface area contributed by atoms with Crippen molar-refractivity contribution in [3.63, 3.8) is 0 Å². The molecule has 0 bridgehead atoms. The molecule has 8 heteroatoms. The molecule has 1 aromatic carbocycles. The fraction of sp³-hybridized carbons (Fsp3) is 0.375. The van der Waals surface area contributed by atoms with Crippen LogP contribution in [0.5, 0.6) is 0 Å². The van der Waals surface area contributed by atoms with E-state index in [1.807, 2.05) is 49.1 Å². The molecule has 24 heavy (non-hydrogen) atoms. The van der Waals surface area contributed by atoms with Crippen LogP contribution in [0.2, 0.25) is 0 Å². The number of carbonyl (C=O) groups excluding carboxylic acids is 2. The first-order chi connectivity index (χ1) is 11.5. The number of likely N-dealkylation sites (N-methyl/N-ethyl adjacent to an activating group) is 2. The lowest BCUT2D eigenvalue weighted by molar-refractivity contribution is -0.127. The van der Waals surface area contributed by atoms with E-state index in [9.17, 15) is 9.59 Å². The van der Waals surface area contributed by atoms with Gasteiger partial charge in [-0.2, -0.15) is 5.10 Å². The van der Waals surface area contributed by atoms with Gasteiger partial charge in [-0.05, 0) is 19.4 Å². The van der Waals surface area contributed by atoms with Crippen LogP contribution in [0, 0.1) is 0 Å². The third-order valence-electron chi connectivity index (χ3n) is 4.22. The van der Waals surface area contributed by atoms with Crippen molar-refractivity contribution in [3.8, 4) is 0 Å². The maximum absolute atomic E-state index is 12.2. The second-order valence-electron chi connectivity index (χ2n) is 5.68. The first-order valence-electron chi connectivity index (χ1n) is 7.80. The number of hydrogen-bond donors (Lipinski definition) is 2. The number of hydrazone groups is 1. The molecular weight excluding hydrogens is 308 g/mol. The summed E-state index contributed by atoms with van der Waals surface area (Å²) < 4.78 is 0. The Hall–Kier alpha value is -2.90. The van der Waals surface area contributed by atoms with Crippen LogP contribution in [0.4, 0.5) is 4.79 Å². The van der Waals surface area contributed by atoms with Gasteiger partial charge in [-0.3, -0.25) is 10.1 Å². The number of benzene rings is 1. The quantitative estimate of drug-likeness (QED) is 0.627. The number of hydrogen-bond acceptors (Lipinski definition) is 6. The molecule has 2 unspecified atom stereocenters. The molecule has 1 saturated heterocycles. The Kier molecular flexibility index (Phi) is 4.20. The molecule has 0 aliphatic carbocycles. The summed E-state index contributed by atoms with van der Waals surface area (Å²) in [5.41, 5.74) is 4.74. The highest BCUT2D eigenvalue weighted by Crippen LogP contribution is 2.22. The van der Waals surface area contributed by atoms with Gasteiger partial charge in [-0.15, -0.1) is 0 Å². The van der Waals surface area contributed by atoms with Crippen LogP contribution < -0.4 is 10.7 Å². The summed E-state index contributed by atoms with van der Waals surface area (Å²) in [5, 5.41) is 6.71. The number of nitrogens with zero attached hydrogens (tertiary/aromatic N) is 4. The number of rotatable bonds is 3. The van der Waals surface area contributed by atoms with Crippen molar-refractivity contribution in [2.75, 3.05) is 13.6 Å². The van der Waals surface area contributed by atoms with Crippen LogP contribution in [0.1, 0.15) is 19.4 Å². The molecule has 0 radical (unpaired) electrons. The second kappa shape index (κ2) is 6.31. The summed E-state index contributed by atoms with van der Waals surface area (Å²) in [4.78, 5) is 31.6. The average Bonchev–Trinajstić information content (AvgIpc) is 2.97. The zero-order chi connectivity index (χ0) is 17.3. The van der Waals surface area contributed by atoms with Gasteiger partial charge in [0.1, 0.15) is 0 Å². The van der Waals surface area contributed by atoms with Crippen LogP contribution in [-0.4, -0.2) is 59.2 Å². The Balaban J connectivity index is 1.82. The summed E-state index contributed by atoms with van der Waals surface area (Å²) in [6.45, 7) is 4.39. The van der Waals surface area contributed by atoms with E-state index in [0.29, 0.717) is 12.5 Å². The highest BCUT2D eigenvalue weighted by Gasteiger charge is 2.48. The lowest BCUT2D eigenvalue weighted by atomic mass is 10.1. The predicted molar refractivity (Wildman–Crippen MR) is 90.5 cm³/mol. The largest absolute Gasteiger partial charge is 0.326 e. The molecular formula is C16H20N6O2. The Morgan fingerprint density at radius 3 is 2.71 bits per heavy atom. The Labute approximate surface area is 140 Å². The highest BCUT2D eigenvalue weighted by molar-refractivity contribution is 6.04. The molecule has 0 saturated carbocycles. The summed E-state index contributed by atoms with van der Waals surface area (Å²) >= 11 is 0. The van der Waals surface area contributed by atoms with E-state index in [1.54, 1.807) is 7.05 Å². The van der Waals surface area contributed by atoms with Crippen molar-refractivity contribution in [1.82, 2.24) is 20.5 Å². The number of fused-ring (bicyclic) bond motifs is 1. The lowest BCUT2D eigenvalue weighted by Crippen LogP contribution is -2.64. The fourth-order valence-electron chi connectivity index (χ4n) is 2.84. The van der Waals surface area contributed by atoms with E-state index in [-0.39, 0.29) is 5.91 Å². The van der Waals surface area contributed by atoms with E-state index in [2.05, 4.69) is 20.8 Å². The van der Waals surface area contributed by atoms with Crippen LogP contribution in [-0.2, 0) is 4.79 Å². The molecule has 2 N–H and O–H groups in total. The van der Waals surface area contributed by atoms with Crippen LogP contribution in [0.15, 0.2) is 40.4 Å². The normalized spacial score (nSPS) is 23.8. The van der Waals surface area contributed by atoms with Gasteiger partial charge in [0.25, 0.3) is 5.91 Å². The number of guanidine groups is 1. The van der Waals surface area contributed by atoms with Crippen molar-refractivity contribution in [1.29, 1.82) is 0 Å². The number of carbonyl (C=O) groups is 2. The number of nitrogens with one attached hydrogen (secondary N) is 2. The van der Waals surface area contributed by atoms with Gasteiger partial charge in [-0.25, -0.2) is 15.2 Å². The minimum absolute atomic E-state index is 0.339. The van der Waals surface area contributed by atoms with E-state index < -0.39 is 18.2 Å². The number of imide groups is 1. The highest BCUT2D eigenvalue weighted by atomic mass is 16.2. The molecule has 3 amide bonds. The molecule has 0 spiro atoms. The van der Waals surface area contributed by atoms with Crippen LogP contribution >= 0.6 is 0 Å². The third kappa shape index (κ3) is 2.70. The van der Waals surface area contributed by atoms with E-state index in [1.165, 1.54) is 4.90 Å². The number of urea groups is 1. The van der Waals surface area contributed by atoms with Gasteiger partial charge in [0.15, 0.2) is 12.2 Å². The van der Waals surface area contributed by atoms with Crippen molar-refractivity contribution in [3.05, 3.63) is 35.9 Å². The van der Waals surface area contributed by atoms with Crippen molar-refractivity contribution in [2.45, 2.75) is 26.1 Å². The van der Waals surface area contributed by atoms with Gasteiger partial charge in [0.2, 0.25) is 5.96 Å². The standard InChI is InChI=1S/C16H20N6O2/c1-4-22-12-13(21(3)16(24)18-14(12)23)17-15(22)20-19-10(2)11-8-6-5-7-9-11/h5-9,12-13H,4H2,1-3H3,(H,17,20)(H,18,23,24)/b19-10+. The maximum Gasteiger partial charge on any atom is 0.325 e. The summed E-state index contributed by atoms with van der Waals surface area (Å²) in [5.74, 6) is 0.147. The fourth-order valence-corrected chi connectivity index (χ4v) is 2.84. The van der Waals surface area contributed by atoms with Gasteiger partial charge >= 0.3 is 6.03 Å². The van der Waals surface area contributed by atoms with E-state index >= 15 is 0 Å². The Morgan fingerprint density at radius 2 is 2.04 bits per heavy atom. The third-order valence-corrected chi connectivity index (χ3v) is 4.22. The minimum Gasteiger partial charge on any atom is -0.326 e. The van der Waals surface area contributed by atoms with Crippen LogP contribution in [0.3, 0.4) is 0 Å². The molecule has 1 aromatic rings. The Morgan fingerprint density at radius 1 is 1.33 bits per heavy atom. The average molecular weight is 328 g/mol. The van der Waals surface area contributed by atoms with Crippen molar-refractivity contribution >= 4 is 23.6 Å². The zero-order valence-corrected chi connectivity index (χ0v) is 13.9. The molecule has 2 heterocycles. The van der Waals surface area contributed by atoms with Crippen LogP contribution in [0.25, 0.3) is 0 Å². The van der Waals surface area contributed by atoms with Gasteiger partial charge in [0, 0.05) is 13.6 Å². The lowest BCUT2D eigenvalue weighted by Gasteiger charge is -2.35. The number of amides is 3. The monoisotopic (exact) mass is 328 g/mol. The zero-order valence-electron chi connectivity index (χ0n) is 13.9. The summed E-state index contributed by atoms with van der Waals surface area (Å²) in [6, 6.07) is 8.79. The summed E-state index contributed by atoms with van der Waals surface area (Å²) in [6.07, 6.45) is -0.541. The minimum atomic E-state index is -0.541. The van der Waals surface area contributed by atoms with Crippen molar-refractivity contribution < 1.29 is 9.59 Å². The molecule has 1 fully saturated rings. The first kappa shape index (κ1) is 16.0. The second-order valence-corrected chi connectivity index (χ2v) is 5.68. The molecule has 2 aliphatic heterocycles. The maximum atomic E-state index is 12.2. The topological polar surface area (TPSA) is 89.4 Å². The molecule has 126 valence electrons. The van der Waals surface area contributed by atoms with Gasteiger partial charge in [0.05, 0.1) is 5.71 Å². The Bertz CT molecular complexity index is 715. The smallest absolute Gasteiger partial charge is 0.325 e. The summed E-state index contributed by atoms with van der Waals surface area (Å²) in [7, 11) is 1.62. The molecule has 0 aromatic heterocycles. The van der Waals surface area contributed by atoms with Crippen molar-refractivity contribution in [2.24, 2.45) is 10.1 Å². The van der Waals surface area contributed by atoms with E-state index in [0.717, 1.165) is 11.3 Å². The molecule has 3 rings (SSSR count). The van der Waals surface area contributed by atoms with E-state index in [4.69, 9.17) is 0 Å². The SMILES string of the molecule is CCN1C(N/N=C(\C)c2ccccc2)=NC2C1C(=O)NC(=O)N2C.